The molecule has 1 heterocycles. The fourth-order valence-corrected chi connectivity index (χ4v) is 2.30. The van der Waals surface area contributed by atoms with Gasteiger partial charge in [-0.25, -0.2) is 0 Å². The lowest BCUT2D eigenvalue weighted by Gasteiger charge is -2.14. The molecule has 2 heteroatoms. The second kappa shape index (κ2) is 5.67. The summed E-state index contributed by atoms with van der Waals surface area (Å²) < 4.78 is 5.52. The third kappa shape index (κ3) is 2.53. The average molecular weight is 242 g/mol. The summed E-state index contributed by atoms with van der Waals surface area (Å²) in [5, 5.41) is 0. The first-order chi connectivity index (χ1) is 8.76. The molecule has 1 aromatic carbocycles. The summed E-state index contributed by atoms with van der Waals surface area (Å²) in [5.74, 6) is 1.65. The fourth-order valence-electron chi connectivity index (χ4n) is 2.30. The van der Waals surface area contributed by atoms with Crippen LogP contribution in [0, 0.1) is 0 Å². The van der Waals surface area contributed by atoms with Crippen LogP contribution in [0.4, 0.5) is 0 Å². The summed E-state index contributed by atoms with van der Waals surface area (Å²) in [5.41, 5.74) is 2.37. The van der Waals surface area contributed by atoms with Crippen molar-refractivity contribution in [2.45, 2.75) is 32.6 Å². The maximum absolute atomic E-state index is 10.7. The van der Waals surface area contributed by atoms with Crippen LogP contribution < -0.4 is 0 Å². The van der Waals surface area contributed by atoms with Crippen LogP contribution in [0.5, 0.6) is 0 Å². The molecule has 1 aromatic heterocycles. The minimum atomic E-state index is 0.378. The van der Waals surface area contributed by atoms with E-state index < -0.39 is 0 Å². The van der Waals surface area contributed by atoms with E-state index in [2.05, 4.69) is 32.0 Å². The van der Waals surface area contributed by atoms with Gasteiger partial charge in [-0.15, -0.1) is 0 Å². The van der Waals surface area contributed by atoms with Gasteiger partial charge in [0.05, 0.1) is 0 Å². The van der Waals surface area contributed by atoms with E-state index in [9.17, 15) is 4.79 Å². The standard InChI is InChI=1S/C16H18O2/c1-3-6-12(2)14-7-4-5-8-15(14)16-10-9-13(11-17)18-16/h4-5,7-12H,3,6H2,1-2H3. The number of carbonyl (C=O) groups excluding carboxylic acids is 1. The van der Waals surface area contributed by atoms with E-state index in [1.54, 1.807) is 6.07 Å². The van der Waals surface area contributed by atoms with Crippen molar-refractivity contribution < 1.29 is 9.21 Å². The van der Waals surface area contributed by atoms with Crippen molar-refractivity contribution in [3.63, 3.8) is 0 Å². The monoisotopic (exact) mass is 242 g/mol. The molecular formula is C16H18O2. The van der Waals surface area contributed by atoms with Gasteiger partial charge in [-0.1, -0.05) is 44.5 Å². The first kappa shape index (κ1) is 12.6. The van der Waals surface area contributed by atoms with Crippen molar-refractivity contribution in [1.82, 2.24) is 0 Å². The Kier molecular flexibility index (Phi) is 3.98. The van der Waals surface area contributed by atoms with Gasteiger partial charge in [-0.05, 0) is 30.0 Å². The highest BCUT2D eigenvalue weighted by Gasteiger charge is 2.13. The minimum absolute atomic E-state index is 0.378. The molecule has 0 fully saturated rings. The zero-order chi connectivity index (χ0) is 13.0. The molecule has 94 valence electrons. The quantitative estimate of drug-likeness (QED) is 0.713. The van der Waals surface area contributed by atoms with Gasteiger partial charge in [0.15, 0.2) is 12.0 Å². The Labute approximate surface area is 108 Å². The number of carbonyl (C=O) groups is 1. The van der Waals surface area contributed by atoms with Crippen LogP contribution in [0.2, 0.25) is 0 Å². The van der Waals surface area contributed by atoms with E-state index >= 15 is 0 Å². The molecule has 2 nitrogen and oxygen atoms in total. The topological polar surface area (TPSA) is 30.2 Å². The van der Waals surface area contributed by atoms with Gasteiger partial charge in [0.25, 0.3) is 0 Å². The fraction of sp³-hybridized carbons (Fsp3) is 0.312. The molecule has 0 radical (unpaired) electrons. The van der Waals surface area contributed by atoms with Gasteiger partial charge in [0, 0.05) is 5.56 Å². The predicted octanol–water partition coefficient (Wildman–Crippen LogP) is 4.66. The largest absolute Gasteiger partial charge is 0.453 e. The van der Waals surface area contributed by atoms with E-state index in [4.69, 9.17) is 4.42 Å². The van der Waals surface area contributed by atoms with E-state index in [1.807, 2.05) is 12.1 Å². The van der Waals surface area contributed by atoms with Gasteiger partial charge in [0.1, 0.15) is 5.76 Å². The highest BCUT2D eigenvalue weighted by Crippen LogP contribution is 2.32. The van der Waals surface area contributed by atoms with Crippen LogP contribution in [-0.4, -0.2) is 6.29 Å². The second-order valence-corrected chi connectivity index (χ2v) is 4.60. The number of furan rings is 1. The summed E-state index contributed by atoms with van der Waals surface area (Å²) in [7, 11) is 0. The Morgan fingerprint density at radius 3 is 2.67 bits per heavy atom. The van der Waals surface area contributed by atoms with Gasteiger partial charge in [0.2, 0.25) is 0 Å². The molecule has 0 aliphatic heterocycles. The normalized spacial score (nSPS) is 12.3. The van der Waals surface area contributed by atoms with Crippen molar-refractivity contribution in [3.05, 3.63) is 47.7 Å². The zero-order valence-corrected chi connectivity index (χ0v) is 10.8. The Hall–Kier alpha value is -1.83. The molecule has 2 rings (SSSR count). The lowest BCUT2D eigenvalue weighted by Crippen LogP contribution is -1.95. The molecule has 1 atom stereocenters. The molecule has 0 spiro atoms. The van der Waals surface area contributed by atoms with Crippen LogP contribution >= 0.6 is 0 Å². The zero-order valence-electron chi connectivity index (χ0n) is 10.8. The van der Waals surface area contributed by atoms with Gasteiger partial charge < -0.3 is 4.42 Å². The molecule has 1 unspecified atom stereocenters. The third-order valence-electron chi connectivity index (χ3n) is 3.22. The number of benzene rings is 1. The average Bonchev–Trinajstić information content (AvgIpc) is 2.87. The van der Waals surface area contributed by atoms with Gasteiger partial charge in [-0.3, -0.25) is 4.79 Å². The van der Waals surface area contributed by atoms with Crippen molar-refractivity contribution >= 4 is 6.29 Å². The summed E-state index contributed by atoms with van der Waals surface area (Å²) >= 11 is 0. The number of rotatable bonds is 5. The third-order valence-corrected chi connectivity index (χ3v) is 3.22. The van der Waals surface area contributed by atoms with E-state index in [0.717, 1.165) is 30.5 Å². The number of hydrogen-bond acceptors (Lipinski definition) is 2. The van der Waals surface area contributed by atoms with Crippen LogP contribution in [0.25, 0.3) is 11.3 Å². The summed E-state index contributed by atoms with van der Waals surface area (Å²) in [6.45, 7) is 4.42. The number of aldehydes is 1. The summed E-state index contributed by atoms with van der Waals surface area (Å²) in [4.78, 5) is 10.7. The number of hydrogen-bond donors (Lipinski definition) is 0. The van der Waals surface area contributed by atoms with Crippen molar-refractivity contribution in [1.29, 1.82) is 0 Å². The Morgan fingerprint density at radius 2 is 2.00 bits per heavy atom. The molecule has 0 N–H and O–H groups in total. The lowest BCUT2D eigenvalue weighted by atomic mass is 9.91. The molecule has 0 bridgehead atoms. The molecule has 0 saturated carbocycles. The molecule has 2 aromatic rings. The first-order valence-electron chi connectivity index (χ1n) is 6.40. The maximum Gasteiger partial charge on any atom is 0.185 e. The summed E-state index contributed by atoms with van der Waals surface area (Å²) in [6, 6.07) is 11.8. The van der Waals surface area contributed by atoms with Crippen LogP contribution in [0.1, 0.15) is 48.7 Å². The highest BCUT2D eigenvalue weighted by molar-refractivity contribution is 5.73. The lowest BCUT2D eigenvalue weighted by molar-refractivity contribution is 0.110. The van der Waals surface area contributed by atoms with Crippen LogP contribution in [0.3, 0.4) is 0 Å². The minimum Gasteiger partial charge on any atom is -0.453 e. The molecular weight excluding hydrogens is 224 g/mol. The van der Waals surface area contributed by atoms with Crippen molar-refractivity contribution in [2.75, 3.05) is 0 Å². The SMILES string of the molecule is CCCC(C)c1ccccc1-c1ccc(C=O)o1. The molecule has 0 saturated heterocycles. The van der Waals surface area contributed by atoms with Crippen LogP contribution in [-0.2, 0) is 0 Å². The smallest absolute Gasteiger partial charge is 0.185 e. The highest BCUT2D eigenvalue weighted by atomic mass is 16.3. The predicted molar refractivity (Wildman–Crippen MR) is 72.9 cm³/mol. The van der Waals surface area contributed by atoms with Crippen molar-refractivity contribution in [2.24, 2.45) is 0 Å². The van der Waals surface area contributed by atoms with E-state index in [1.165, 1.54) is 5.56 Å². The molecule has 18 heavy (non-hydrogen) atoms. The Balaban J connectivity index is 2.40. The van der Waals surface area contributed by atoms with E-state index in [-0.39, 0.29) is 0 Å². The van der Waals surface area contributed by atoms with Crippen molar-refractivity contribution in [3.8, 4) is 11.3 Å². The van der Waals surface area contributed by atoms with E-state index in [0.29, 0.717) is 11.7 Å². The van der Waals surface area contributed by atoms with Gasteiger partial charge >= 0.3 is 0 Å². The first-order valence-corrected chi connectivity index (χ1v) is 6.40. The summed E-state index contributed by atoms with van der Waals surface area (Å²) in [6.07, 6.45) is 3.05. The van der Waals surface area contributed by atoms with Crippen LogP contribution in [0.15, 0.2) is 40.8 Å². The second-order valence-electron chi connectivity index (χ2n) is 4.60. The Morgan fingerprint density at radius 1 is 1.22 bits per heavy atom. The molecule has 0 aliphatic rings. The Bertz CT molecular complexity index is 525. The maximum atomic E-state index is 10.7. The molecule has 0 amide bonds. The molecule has 0 aliphatic carbocycles. The van der Waals surface area contributed by atoms with Gasteiger partial charge in [-0.2, -0.15) is 0 Å².